The van der Waals surface area contributed by atoms with Gasteiger partial charge in [0.25, 0.3) is 0 Å². The molecule has 2 aliphatic carbocycles. The number of hydrogen-bond acceptors (Lipinski definition) is 2. The van der Waals surface area contributed by atoms with Crippen LogP contribution in [0.2, 0.25) is 10.0 Å². The van der Waals surface area contributed by atoms with Crippen LogP contribution in [0.5, 0.6) is 0 Å². The first-order chi connectivity index (χ1) is 11.0. The lowest BCUT2D eigenvalue weighted by Gasteiger charge is -2.26. The molecular weight excluding hydrogens is 337 g/mol. The molecule has 0 aliphatic heterocycles. The smallest absolute Gasteiger partial charge is 0.306 e. The van der Waals surface area contributed by atoms with Crippen molar-refractivity contribution in [2.75, 3.05) is 0 Å². The number of carboxylic acid groups (broad SMARTS) is 1. The molecule has 2 unspecified atom stereocenters. The predicted octanol–water partition coefficient (Wildman–Crippen LogP) is 3.86. The van der Waals surface area contributed by atoms with Gasteiger partial charge in [0.15, 0.2) is 0 Å². The molecule has 4 nitrogen and oxygen atoms in total. The molecule has 1 amide bonds. The van der Waals surface area contributed by atoms with Crippen LogP contribution in [0, 0.1) is 11.8 Å². The van der Waals surface area contributed by atoms with Gasteiger partial charge in [0.1, 0.15) is 0 Å². The predicted molar refractivity (Wildman–Crippen MR) is 88.8 cm³/mol. The molecular formula is C17H19Cl2NO3. The Morgan fingerprint density at radius 3 is 2.39 bits per heavy atom. The summed E-state index contributed by atoms with van der Waals surface area (Å²) in [5, 5.41) is 13.1. The van der Waals surface area contributed by atoms with Crippen molar-refractivity contribution >= 4 is 35.1 Å². The molecule has 0 heterocycles. The van der Waals surface area contributed by atoms with Crippen LogP contribution in [0.25, 0.3) is 0 Å². The van der Waals surface area contributed by atoms with E-state index in [1.165, 1.54) is 0 Å². The van der Waals surface area contributed by atoms with Gasteiger partial charge < -0.3 is 10.4 Å². The van der Waals surface area contributed by atoms with Crippen molar-refractivity contribution in [3.63, 3.8) is 0 Å². The average molecular weight is 356 g/mol. The Morgan fingerprint density at radius 1 is 1.09 bits per heavy atom. The van der Waals surface area contributed by atoms with Crippen LogP contribution < -0.4 is 5.32 Å². The second-order valence-electron chi connectivity index (χ2n) is 6.52. The second kappa shape index (κ2) is 6.70. The molecule has 0 bridgehead atoms. The number of carboxylic acids is 1. The fraction of sp³-hybridized carbons (Fsp3) is 0.529. The maximum atomic E-state index is 12.3. The van der Waals surface area contributed by atoms with Crippen LogP contribution in [0.3, 0.4) is 0 Å². The Bertz CT molecular complexity index is 626. The van der Waals surface area contributed by atoms with E-state index < -0.39 is 5.97 Å². The lowest BCUT2D eigenvalue weighted by molar-refractivity contribution is -0.142. The number of rotatable bonds is 4. The van der Waals surface area contributed by atoms with Crippen LogP contribution in [0.4, 0.5) is 0 Å². The number of hydrogen-bond donors (Lipinski definition) is 2. The van der Waals surface area contributed by atoms with Crippen molar-refractivity contribution < 1.29 is 14.7 Å². The van der Waals surface area contributed by atoms with Gasteiger partial charge in [-0.25, -0.2) is 0 Å². The number of nitrogens with one attached hydrogen (secondary N) is 1. The molecule has 2 N–H and O–H groups in total. The second-order valence-corrected chi connectivity index (χ2v) is 7.33. The van der Waals surface area contributed by atoms with Gasteiger partial charge in [0.05, 0.1) is 16.0 Å². The number of carbonyl (C=O) groups excluding carboxylic acids is 1. The highest BCUT2D eigenvalue weighted by Gasteiger charge is 2.44. The topological polar surface area (TPSA) is 66.4 Å². The highest BCUT2D eigenvalue weighted by atomic mass is 35.5. The molecule has 3 rings (SSSR count). The lowest BCUT2D eigenvalue weighted by atomic mass is 9.86. The molecule has 0 aromatic heterocycles. The Morgan fingerprint density at radius 2 is 1.78 bits per heavy atom. The van der Waals surface area contributed by atoms with Crippen LogP contribution in [0.15, 0.2) is 18.2 Å². The van der Waals surface area contributed by atoms with Gasteiger partial charge in [-0.3, -0.25) is 9.59 Å². The molecule has 0 spiro atoms. The maximum absolute atomic E-state index is 12.3. The summed E-state index contributed by atoms with van der Waals surface area (Å²) in [7, 11) is 0. The van der Waals surface area contributed by atoms with E-state index >= 15 is 0 Å². The van der Waals surface area contributed by atoms with Gasteiger partial charge in [-0.15, -0.1) is 0 Å². The summed E-state index contributed by atoms with van der Waals surface area (Å²) in [6.45, 7) is 0. The highest BCUT2D eigenvalue weighted by molar-refractivity contribution is 6.42. The van der Waals surface area contributed by atoms with Crippen LogP contribution in [0.1, 0.15) is 43.6 Å². The monoisotopic (exact) mass is 355 g/mol. The fourth-order valence-electron chi connectivity index (χ4n) is 3.39. The van der Waals surface area contributed by atoms with Gasteiger partial charge in [0, 0.05) is 12.0 Å². The minimum atomic E-state index is -0.725. The highest BCUT2D eigenvalue weighted by Crippen LogP contribution is 2.48. The zero-order valence-electron chi connectivity index (χ0n) is 12.6. The third-order valence-electron chi connectivity index (χ3n) is 4.92. The van der Waals surface area contributed by atoms with E-state index in [2.05, 4.69) is 5.32 Å². The minimum absolute atomic E-state index is 0.00978. The fourth-order valence-corrected chi connectivity index (χ4v) is 3.70. The van der Waals surface area contributed by atoms with Crippen molar-refractivity contribution in [3.05, 3.63) is 33.8 Å². The number of benzene rings is 1. The van der Waals surface area contributed by atoms with Gasteiger partial charge in [-0.05, 0) is 55.7 Å². The van der Waals surface area contributed by atoms with E-state index in [4.69, 9.17) is 28.3 Å². The molecule has 2 atom stereocenters. The average Bonchev–Trinajstić information content (AvgIpc) is 3.31. The van der Waals surface area contributed by atoms with E-state index in [9.17, 15) is 9.59 Å². The maximum Gasteiger partial charge on any atom is 0.306 e. The first-order valence-electron chi connectivity index (χ1n) is 7.94. The van der Waals surface area contributed by atoms with E-state index in [1.54, 1.807) is 6.07 Å². The van der Waals surface area contributed by atoms with Crippen LogP contribution in [-0.4, -0.2) is 23.0 Å². The van der Waals surface area contributed by atoms with Crippen molar-refractivity contribution in [3.8, 4) is 0 Å². The van der Waals surface area contributed by atoms with E-state index in [1.807, 2.05) is 12.1 Å². The standard InChI is InChI=1S/C17H19Cl2NO3/c18-14-6-3-10(7-15(14)19)12-8-13(12)16(21)20-11-4-1-9(2-5-11)17(22)23/h3,6-7,9,11-13H,1-2,4-5,8H2,(H,20,21)(H,22,23). The first-order valence-corrected chi connectivity index (χ1v) is 8.69. The van der Waals surface area contributed by atoms with Crippen molar-refractivity contribution in [2.24, 2.45) is 11.8 Å². The summed E-state index contributed by atoms with van der Waals surface area (Å²) in [5.41, 5.74) is 1.05. The SMILES string of the molecule is O=C(O)C1CCC(NC(=O)C2CC2c2ccc(Cl)c(Cl)c2)CC1. The zero-order chi connectivity index (χ0) is 16.6. The largest absolute Gasteiger partial charge is 0.481 e. The van der Waals surface area contributed by atoms with Crippen LogP contribution in [-0.2, 0) is 9.59 Å². The molecule has 2 saturated carbocycles. The summed E-state index contributed by atoms with van der Waals surface area (Å²) in [6, 6.07) is 5.62. The quantitative estimate of drug-likeness (QED) is 0.861. The molecule has 0 saturated heterocycles. The Kier molecular flexibility index (Phi) is 4.83. The molecule has 2 aliphatic rings. The summed E-state index contributed by atoms with van der Waals surface area (Å²) < 4.78 is 0. The molecule has 124 valence electrons. The summed E-state index contributed by atoms with van der Waals surface area (Å²) in [5.74, 6) is -0.714. The van der Waals surface area contributed by atoms with Gasteiger partial charge in [-0.2, -0.15) is 0 Å². The first kappa shape index (κ1) is 16.6. The molecule has 6 heteroatoms. The van der Waals surface area contributed by atoms with E-state index in [0.29, 0.717) is 22.9 Å². The third kappa shape index (κ3) is 3.81. The number of halogens is 2. The van der Waals surface area contributed by atoms with Crippen LogP contribution >= 0.6 is 23.2 Å². The number of amides is 1. The molecule has 2 fully saturated rings. The molecule has 23 heavy (non-hydrogen) atoms. The molecule has 1 aromatic rings. The van der Waals surface area contributed by atoms with Crippen molar-refractivity contribution in [1.82, 2.24) is 5.32 Å². The third-order valence-corrected chi connectivity index (χ3v) is 5.66. The van der Waals surface area contributed by atoms with Crippen molar-refractivity contribution in [2.45, 2.75) is 44.1 Å². The summed E-state index contributed by atoms with van der Waals surface area (Å²) in [6.07, 6.45) is 3.59. The Labute approximate surface area is 145 Å². The molecule has 0 radical (unpaired) electrons. The Balaban J connectivity index is 1.51. The number of carbonyl (C=O) groups is 2. The van der Waals surface area contributed by atoms with E-state index in [0.717, 1.165) is 24.8 Å². The summed E-state index contributed by atoms with van der Waals surface area (Å²) in [4.78, 5) is 23.3. The van der Waals surface area contributed by atoms with Gasteiger partial charge >= 0.3 is 5.97 Å². The van der Waals surface area contributed by atoms with Gasteiger partial charge in [0.2, 0.25) is 5.91 Å². The number of aliphatic carboxylic acids is 1. The van der Waals surface area contributed by atoms with Gasteiger partial charge in [-0.1, -0.05) is 29.3 Å². The molecule has 1 aromatic carbocycles. The van der Waals surface area contributed by atoms with Crippen molar-refractivity contribution in [1.29, 1.82) is 0 Å². The lowest BCUT2D eigenvalue weighted by Crippen LogP contribution is -2.39. The minimum Gasteiger partial charge on any atom is -0.481 e. The Hall–Kier alpha value is -1.26. The summed E-state index contributed by atoms with van der Waals surface area (Å²) >= 11 is 11.9. The van der Waals surface area contributed by atoms with E-state index in [-0.39, 0.29) is 29.7 Å². The zero-order valence-corrected chi connectivity index (χ0v) is 14.1. The normalized spacial score (nSPS) is 29.8.